The number of morpholine rings is 1. The Hall–Kier alpha value is -0.130. The molecule has 1 rings (SSSR count). The van der Waals surface area contributed by atoms with E-state index in [2.05, 4.69) is 4.90 Å². The van der Waals surface area contributed by atoms with Crippen LogP contribution in [0.1, 0.15) is 72.1 Å². The van der Waals surface area contributed by atoms with Crippen LogP contribution in [-0.4, -0.2) is 56.7 Å². The monoisotopic (exact) mass is 347 g/mol. The lowest BCUT2D eigenvalue weighted by Gasteiger charge is -2.26. The maximum atomic E-state index is 12.0. The van der Waals surface area contributed by atoms with Gasteiger partial charge in [-0.05, 0) is 40.2 Å². The van der Waals surface area contributed by atoms with E-state index in [4.69, 9.17) is 4.74 Å². The van der Waals surface area contributed by atoms with Gasteiger partial charge in [0.2, 0.25) is 0 Å². The van der Waals surface area contributed by atoms with Gasteiger partial charge < -0.3 is 4.74 Å². The highest BCUT2D eigenvalue weighted by Crippen LogP contribution is 2.18. The normalized spacial score (nSPS) is 17.5. The Labute approximate surface area is 143 Å². The van der Waals surface area contributed by atoms with E-state index in [1.165, 1.54) is 45.1 Å². The van der Waals surface area contributed by atoms with E-state index in [-0.39, 0.29) is 0 Å². The second-order valence-electron chi connectivity index (χ2n) is 7.71. The van der Waals surface area contributed by atoms with Crippen molar-refractivity contribution in [3.8, 4) is 0 Å². The van der Waals surface area contributed by atoms with E-state index < -0.39 is 14.6 Å². The van der Waals surface area contributed by atoms with Crippen LogP contribution in [0.3, 0.4) is 0 Å². The average Bonchev–Trinajstić information content (AvgIpc) is 2.49. The molecule has 0 aliphatic carbocycles. The Bertz CT molecular complexity index is 395. The van der Waals surface area contributed by atoms with Crippen LogP contribution in [-0.2, 0) is 14.6 Å². The second-order valence-corrected chi connectivity index (χ2v) is 10.6. The minimum absolute atomic E-state index is 0.343. The Morgan fingerprint density at radius 3 is 1.83 bits per heavy atom. The van der Waals surface area contributed by atoms with E-state index in [0.29, 0.717) is 5.75 Å². The average molecular weight is 348 g/mol. The minimum Gasteiger partial charge on any atom is -0.379 e. The molecule has 1 aliphatic rings. The SMILES string of the molecule is CC(C)(C)S(=O)(=O)CCCCCCCCCCN1CCOCC1. The molecule has 4 nitrogen and oxygen atoms in total. The fourth-order valence-electron chi connectivity index (χ4n) is 2.82. The van der Waals surface area contributed by atoms with Crippen molar-refractivity contribution in [3.63, 3.8) is 0 Å². The summed E-state index contributed by atoms with van der Waals surface area (Å²) in [4.78, 5) is 2.50. The van der Waals surface area contributed by atoms with Gasteiger partial charge in [0.05, 0.1) is 23.7 Å². The number of hydrogen-bond acceptors (Lipinski definition) is 4. The van der Waals surface area contributed by atoms with Crippen LogP contribution in [0, 0.1) is 0 Å². The summed E-state index contributed by atoms with van der Waals surface area (Å²) in [5.41, 5.74) is 0. The molecule has 23 heavy (non-hydrogen) atoms. The Morgan fingerprint density at radius 2 is 1.30 bits per heavy atom. The first-order valence-corrected chi connectivity index (χ1v) is 11.0. The van der Waals surface area contributed by atoms with E-state index in [1.54, 1.807) is 20.8 Å². The van der Waals surface area contributed by atoms with Gasteiger partial charge in [-0.15, -0.1) is 0 Å². The molecular weight excluding hydrogens is 310 g/mol. The van der Waals surface area contributed by atoms with Gasteiger partial charge in [0.15, 0.2) is 9.84 Å². The van der Waals surface area contributed by atoms with Crippen LogP contribution in [0.25, 0.3) is 0 Å². The molecule has 1 fully saturated rings. The molecule has 0 amide bonds. The zero-order chi connectivity index (χ0) is 17.2. The van der Waals surface area contributed by atoms with Crippen LogP contribution in [0.5, 0.6) is 0 Å². The van der Waals surface area contributed by atoms with Crippen molar-refractivity contribution in [3.05, 3.63) is 0 Å². The quantitative estimate of drug-likeness (QED) is 0.535. The maximum absolute atomic E-state index is 12.0. The maximum Gasteiger partial charge on any atom is 0.155 e. The Morgan fingerprint density at radius 1 is 0.826 bits per heavy atom. The Balaban J connectivity index is 1.88. The minimum atomic E-state index is -2.93. The smallest absolute Gasteiger partial charge is 0.155 e. The molecule has 1 saturated heterocycles. The summed E-state index contributed by atoms with van der Waals surface area (Å²) in [6.07, 6.45) is 9.48. The van der Waals surface area contributed by atoms with E-state index in [1.807, 2.05) is 0 Å². The molecular formula is C18H37NO3S. The summed E-state index contributed by atoms with van der Waals surface area (Å²) < 4.78 is 28.7. The molecule has 138 valence electrons. The zero-order valence-electron chi connectivity index (χ0n) is 15.5. The van der Waals surface area contributed by atoms with E-state index in [0.717, 1.165) is 39.1 Å². The first kappa shape index (κ1) is 20.9. The van der Waals surface area contributed by atoms with Crippen molar-refractivity contribution >= 4 is 9.84 Å². The van der Waals surface area contributed by atoms with Crippen molar-refractivity contribution in [1.82, 2.24) is 4.90 Å². The number of rotatable bonds is 11. The molecule has 0 aromatic carbocycles. The summed E-state index contributed by atoms with van der Waals surface area (Å²) >= 11 is 0. The topological polar surface area (TPSA) is 46.6 Å². The predicted octanol–water partition coefficient (Wildman–Crippen LogP) is 3.65. The molecule has 1 aliphatic heterocycles. The Kier molecular flexibility index (Phi) is 9.71. The van der Waals surface area contributed by atoms with Gasteiger partial charge in [-0.2, -0.15) is 0 Å². The van der Waals surface area contributed by atoms with Crippen LogP contribution >= 0.6 is 0 Å². The van der Waals surface area contributed by atoms with Gasteiger partial charge in [-0.1, -0.05) is 38.5 Å². The van der Waals surface area contributed by atoms with Gasteiger partial charge in [-0.3, -0.25) is 4.90 Å². The first-order valence-electron chi connectivity index (χ1n) is 9.35. The number of ether oxygens (including phenoxy) is 1. The highest BCUT2D eigenvalue weighted by molar-refractivity contribution is 7.92. The molecule has 5 heteroatoms. The van der Waals surface area contributed by atoms with Gasteiger partial charge in [0.1, 0.15) is 0 Å². The van der Waals surface area contributed by atoms with Crippen molar-refractivity contribution in [1.29, 1.82) is 0 Å². The molecule has 1 heterocycles. The molecule has 0 atom stereocenters. The van der Waals surface area contributed by atoms with E-state index >= 15 is 0 Å². The van der Waals surface area contributed by atoms with Crippen LogP contribution in [0.2, 0.25) is 0 Å². The van der Waals surface area contributed by atoms with Gasteiger partial charge in [0, 0.05) is 13.1 Å². The van der Waals surface area contributed by atoms with Gasteiger partial charge in [-0.25, -0.2) is 8.42 Å². The molecule has 0 aromatic rings. The summed E-state index contributed by atoms with van der Waals surface area (Å²) in [6, 6.07) is 0. The third kappa shape index (κ3) is 9.06. The van der Waals surface area contributed by atoms with Gasteiger partial charge in [0.25, 0.3) is 0 Å². The molecule has 0 bridgehead atoms. The summed E-state index contributed by atoms with van der Waals surface area (Å²) in [5.74, 6) is 0.343. The lowest BCUT2D eigenvalue weighted by Crippen LogP contribution is -2.36. The summed E-state index contributed by atoms with van der Waals surface area (Å²) in [7, 11) is -2.93. The molecule has 0 unspecified atom stereocenters. The molecule has 0 radical (unpaired) electrons. The van der Waals surface area contributed by atoms with Crippen molar-refractivity contribution in [2.75, 3.05) is 38.6 Å². The van der Waals surface area contributed by atoms with Crippen molar-refractivity contribution in [2.24, 2.45) is 0 Å². The zero-order valence-corrected chi connectivity index (χ0v) is 16.3. The number of hydrogen-bond donors (Lipinski definition) is 0. The fraction of sp³-hybridized carbons (Fsp3) is 1.00. The van der Waals surface area contributed by atoms with Crippen molar-refractivity contribution < 1.29 is 13.2 Å². The number of sulfone groups is 1. The fourth-order valence-corrected chi connectivity index (χ4v) is 4.02. The highest BCUT2D eigenvalue weighted by atomic mass is 32.2. The predicted molar refractivity (Wildman–Crippen MR) is 97.7 cm³/mol. The second kappa shape index (κ2) is 10.7. The molecule has 0 N–H and O–H groups in total. The lowest BCUT2D eigenvalue weighted by atomic mass is 10.1. The van der Waals surface area contributed by atoms with E-state index in [9.17, 15) is 8.42 Å². The van der Waals surface area contributed by atoms with Crippen LogP contribution in [0.15, 0.2) is 0 Å². The standard InChI is InChI=1S/C18H37NO3S/c1-18(2,3)23(20,21)17-11-9-7-5-4-6-8-10-12-19-13-15-22-16-14-19/h4-17H2,1-3H3. The lowest BCUT2D eigenvalue weighted by molar-refractivity contribution is 0.0371. The molecule has 0 saturated carbocycles. The van der Waals surface area contributed by atoms with Crippen LogP contribution < -0.4 is 0 Å². The first-order chi connectivity index (χ1) is 10.8. The largest absolute Gasteiger partial charge is 0.379 e. The third-order valence-electron chi connectivity index (χ3n) is 4.67. The van der Waals surface area contributed by atoms with Crippen LogP contribution in [0.4, 0.5) is 0 Å². The van der Waals surface area contributed by atoms with Crippen molar-refractivity contribution in [2.45, 2.75) is 76.9 Å². The molecule has 0 aromatic heterocycles. The number of unbranched alkanes of at least 4 members (excludes halogenated alkanes) is 7. The number of nitrogens with zero attached hydrogens (tertiary/aromatic N) is 1. The highest BCUT2D eigenvalue weighted by Gasteiger charge is 2.27. The molecule has 0 spiro atoms. The third-order valence-corrected chi connectivity index (χ3v) is 7.37. The summed E-state index contributed by atoms with van der Waals surface area (Å²) in [6.45, 7) is 10.6. The summed E-state index contributed by atoms with van der Waals surface area (Å²) in [5, 5.41) is 0. The van der Waals surface area contributed by atoms with Gasteiger partial charge >= 0.3 is 0 Å².